The van der Waals surface area contributed by atoms with Crippen molar-refractivity contribution in [2.45, 2.75) is 36.8 Å². The molecule has 3 unspecified atom stereocenters. The lowest BCUT2D eigenvalue weighted by Gasteiger charge is -2.15. The average molecular weight is 472 g/mol. The number of pyridine rings is 1. The first-order chi connectivity index (χ1) is 12.3. The number of allylic oxidation sites excluding steroid dienone is 2. The standard InChI is InChI=1S/C19H26FIN4O/c1-3-23-17-10-14(6-8-24-17)18(26)25-12-15(11-22)16-9-13(16)5-4-7-19(2,20)21/h6,8-11,15-16,22H,3-5,7,12H2,1-2H3,(H,23,24)(H,25,26). The van der Waals surface area contributed by atoms with Crippen molar-refractivity contribution >= 4 is 40.5 Å². The highest BCUT2D eigenvalue weighted by Gasteiger charge is 2.32. The van der Waals surface area contributed by atoms with Crippen LogP contribution in [0.3, 0.4) is 0 Å². The van der Waals surface area contributed by atoms with E-state index < -0.39 is 3.68 Å². The van der Waals surface area contributed by atoms with Crippen molar-refractivity contribution in [2.24, 2.45) is 11.8 Å². The van der Waals surface area contributed by atoms with Crippen molar-refractivity contribution in [3.63, 3.8) is 0 Å². The summed E-state index contributed by atoms with van der Waals surface area (Å²) >= 11 is 1.82. The van der Waals surface area contributed by atoms with E-state index in [4.69, 9.17) is 5.41 Å². The molecular formula is C19H26FIN4O. The zero-order chi connectivity index (χ0) is 19.2. The van der Waals surface area contributed by atoms with Crippen LogP contribution in [0.1, 0.15) is 43.5 Å². The monoisotopic (exact) mass is 472 g/mol. The molecule has 0 fully saturated rings. The second-order valence-corrected chi connectivity index (χ2v) is 8.94. The molecule has 1 aromatic heterocycles. The number of alkyl halides is 2. The van der Waals surface area contributed by atoms with E-state index in [-0.39, 0.29) is 17.7 Å². The van der Waals surface area contributed by atoms with Crippen molar-refractivity contribution in [3.8, 4) is 0 Å². The molecule has 0 spiro atoms. The van der Waals surface area contributed by atoms with E-state index in [0.717, 1.165) is 19.4 Å². The number of anilines is 1. The number of amides is 1. The van der Waals surface area contributed by atoms with E-state index >= 15 is 0 Å². The number of aromatic nitrogens is 1. The maximum absolute atomic E-state index is 13.5. The summed E-state index contributed by atoms with van der Waals surface area (Å²) in [7, 11) is 0. The van der Waals surface area contributed by atoms with Crippen LogP contribution in [0, 0.1) is 17.2 Å². The van der Waals surface area contributed by atoms with Crippen LogP contribution >= 0.6 is 22.6 Å². The quantitative estimate of drug-likeness (QED) is 0.194. The minimum absolute atomic E-state index is 0.0413. The lowest BCUT2D eigenvalue weighted by Crippen LogP contribution is -2.31. The first kappa shape index (κ1) is 20.8. The van der Waals surface area contributed by atoms with Crippen molar-refractivity contribution in [1.29, 1.82) is 5.41 Å². The van der Waals surface area contributed by atoms with Gasteiger partial charge >= 0.3 is 0 Å². The predicted molar refractivity (Wildman–Crippen MR) is 112 cm³/mol. The Morgan fingerprint density at radius 2 is 2.35 bits per heavy atom. The van der Waals surface area contributed by atoms with Crippen molar-refractivity contribution in [2.75, 3.05) is 18.4 Å². The van der Waals surface area contributed by atoms with Gasteiger partial charge in [-0.3, -0.25) is 4.79 Å². The van der Waals surface area contributed by atoms with E-state index in [9.17, 15) is 9.18 Å². The van der Waals surface area contributed by atoms with Crippen molar-refractivity contribution < 1.29 is 9.18 Å². The second-order valence-electron chi connectivity index (χ2n) is 6.69. The highest BCUT2D eigenvalue weighted by Crippen LogP contribution is 2.39. The molecule has 7 heteroatoms. The Hall–Kier alpha value is -1.51. The molecule has 1 aromatic rings. The topological polar surface area (TPSA) is 77.9 Å². The summed E-state index contributed by atoms with van der Waals surface area (Å²) < 4.78 is 12.3. The third kappa shape index (κ3) is 6.66. The Morgan fingerprint density at radius 3 is 3.00 bits per heavy atom. The number of carbonyl (C=O) groups is 1. The van der Waals surface area contributed by atoms with Gasteiger partial charge in [0.2, 0.25) is 0 Å². The normalized spacial score (nSPS) is 19.1. The SMILES string of the molecule is CCNc1cc(C(=O)NCC(C=N)C2C=C2CCCC(C)(F)I)ccn1. The van der Waals surface area contributed by atoms with Crippen LogP contribution in [0.25, 0.3) is 0 Å². The number of hydrogen-bond acceptors (Lipinski definition) is 4. The lowest BCUT2D eigenvalue weighted by molar-refractivity contribution is 0.0950. The third-order valence-corrected chi connectivity index (χ3v) is 4.89. The molecule has 1 heterocycles. The molecule has 1 amide bonds. The molecule has 0 saturated heterocycles. The number of rotatable bonds is 11. The molecule has 1 aliphatic carbocycles. The fourth-order valence-electron chi connectivity index (χ4n) is 2.89. The average Bonchev–Trinajstić information content (AvgIpc) is 3.34. The molecule has 3 N–H and O–H groups in total. The molecule has 3 atom stereocenters. The Kier molecular flexibility index (Phi) is 7.55. The number of hydrogen-bond donors (Lipinski definition) is 3. The molecule has 142 valence electrons. The van der Waals surface area contributed by atoms with E-state index in [1.165, 1.54) is 11.8 Å². The first-order valence-corrected chi connectivity index (χ1v) is 9.99. The molecular weight excluding hydrogens is 446 g/mol. The molecule has 26 heavy (non-hydrogen) atoms. The van der Waals surface area contributed by atoms with E-state index in [1.54, 1.807) is 25.3 Å². The molecule has 0 bridgehead atoms. The van der Waals surface area contributed by atoms with Gasteiger partial charge in [0.1, 0.15) is 5.82 Å². The Bertz CT molecular complexity index is 672. The van der Waals surface area contributed by atoms with Gasteiger partial charge in [-0.15, -0.1) is 0 Å². The highest BCUT2D eigenvalue weighted by atomic mass is 127. The van der Waals surface area contributed by atoms with E-state index in [0.29, 0.717) is 24.3 Å². The number of carbonyl (C=O) groups excluding carboxylic acids is 1. The van der Waals surface area contributed by atoms with E-state index in [2.05, 4.69) is 21.7 Å². The van der Waals surface area contributed by atoms with Gasteiger partial charge in [-0.2, -0.15) is 0 Å². The lowest BCUT2D eigenvalue weighted by atomic mass is 9.99. The maximum Gasteiger partial charge on any atom is 0.251 e. The minimum atomic E-state index is -1.16. The zero-order valence-electron chi connectivity index (χ0n) is 15.2. The van der Waals surface area contributed by atoms with Gasteiger partial charge in [0.25, 0.3) is 5.91 Å². The van der Waals surface area contributed by atoms with Gasteiger partial charge in [-0.05, 0) is 67.8 Å². The summed E-state index contributed by atoms with van der Waals surface area (Å²) in [5, 5.41) is 13.6. The molecule has 0 saturated carbocycles. The first-order valence-electron chi connectivity index (χ1n) is 8.91. The Balaban J connectivity index is 1.78. The largest absolute Gasteiger partial charge is 0.370 e. The van der Waals surface area contributed by atoms with Gasteiger partial charge < -0.3 is 16.0 Å². The Labute approximate surface area is 167 Å². The molecule has 0 aromatic carbocycles. The number of nitrogens with one attached hydrogen (secondary N) is 3. The predicted octanol–water partition coefficient (Wildman–Crippen LogP) is 4.36. The summed E-state index contributed by atoms with van der Waals surface area (Å²) in [4.78, 5) is 16.5. The molecule has 0 aliphatic heterocycles. The van der Waals surface area contributed by atoms with Gasteiger partial charge in [0.05, 0.1) is 0 Å². The van der Waals surface area contributed by atoms with Crippen molar-refractivity contribution in [3.05, 3.63) is 35.5 Å². The molecule has 5 nitrogen and oxygen atoms in total. The summed E-state index contributed by atoms with van der Waals surface area (Å²) in [6, 6.07) is 3.39. The number of halogens is 2. The maximum atomic E-state index is 13.5. The summed E-state index contributed by atoms with van der Waals surface area (Å²) in [5.41, 5.74) is 1.82. The van der Waals surface area contributed by atoms with Gasteiger partial charge in [-0.25, -0.2) is 9.37 Å². The van der Waals surface area contributed by atoms with Crippen LogP contribution in [0.2, 0.25) is 0 Å². The van der Waals surface area contributed by atoms with Gasteiger partial charge in [0.15, 0.2) is 3.68 Å². The summed E-state index contributed by atoms with van der Waals surface area (Å²) in [5.74, 6) is 0.687. The fraction of sp³-hybridized carbons (Fsp3) is 0.526. The number of nitrogens with zero attached hydrogens (tertiary/aromatic N) is 1. The third-order valence-electron chi connectivity index (χ3n) is 4.35. The second kappa shape index (κ2) is 9.43. The van der Waals surface area contributed by atoms with E-state index in [1.807, 2.05) is 29.5 Å². The molecule has 1 aliphatic rings. The molecule has 2 rings (SSSR count). The van der Waals surface area contributed by atoms with Crippen LogP contribution < -0.4 is 10.6 Å². The van der Waals surface area contributed by atoms with Crippen molar-refractivity contribution in [1.82, 2.24) is 10.3 Å². The van der Waals surface area contributed by atoms with Crippen LogP contribution in [-0.4, -0.2) is 33.9 Å². The smallest absolute Gasteiger partial charge is 0.251 e. The Morgan fingerprint density at radius 1 is 1.58 bits per heavy atom. The van der Waals surface area contributed by atoms with Crippen LogP contribution in [0.15, 0.2) is 30.0 Å². The van der Waals surface area contributed by atoms with Crippen LogP contribution in [0.4, 0.5) is 10.2 Å². The summed E-state index contributed by atoms with van der Waals surface area (Å²) in [6.45, 7) is 4.71. The minimum Gasteiger partial charge on any atom is -0.370 e. The highest BCUT2D eigenvalue weighted by molar-refractivity contribution is 14.1. The zero-order valence-corrected chi connectivity index (χ0v) is 17.3. The van der Waals surface area contributed by atoms with Gasteiger partial charge in [-0.1, -0.05) is 11.6 Å². The molecule has 0 radical (unpaired) electrons. The van der Waals surface area contributed by atoms with Crippen LogP contribution in [-0.2, 0) is 0 Å². The summed E-state index contributed by atoms with van der Waals surface area (Å²) in [6.07, 6.45) is 7.32. The van der Waals surface area contributed by atoms with Gasteiger partial charge in [0, 0.05) is 42.9 Å². The van der Waals surface area contributed by atoms with Crippen LogP contribution in [0.5, 0.6) is 0 Å². The fourth-order valence-corrected chi connectivity index (χ4v) is 3.27.